The van der Waals surface area contributed by atoms with Crippen LogP contribution in [0.5, 0.6) is 0 Å². The summed E-state index contributed by atoms with van der Waals surface area (Å²) in [5, 5.41) is 8.57. The van der Waals surface area contributed by atoms with Gasteiger partial charge in [-0.1, -0.05) is 0 Å². The van der Waals surface area contributed by atoms with Crippen molar-refractivity contribution in [1.82, 2.24) is 4.98 Å². The molecule has 82 valence electrons. The van der Waals surface area contributed by atoms with E-state index < -0.39 is 12.4 Å². The third-order valence-electron chi connectivity index (χ3n) is 1.58. The lowest BCUT2D eigenvalue weighted by Gasteiger charge is -2.07. The Balaban J connectivity index is 3.13. The van der Waals surface area contributed by atoms with Gasteiger partial charge in [0.1, 0.15) is 3.70 Å². The molecule has 0 aromatic carbocycles. The van der Waals surface area contributed by atoms with E-state index in [1.165, 1.54) is 6.07 Å². The number of pyridine rings is 1. The third kappa shape index (κ3) is 3.47. The lowest BCUT2D eigenvalue weighted by molar-refractivity contribution is -0.136. The summed E-state index contributed by atoms with van der Waals surface area (Å²) >= 11 is 3.48. The van der Waals surface area contributed by atoms with Crippen molar-refractivity contribution in [3.8, 4) is 0 Å². The molecule has 1 aromatic rings. The minimum atomic E-state index is -2.59. The first-order chi connectivity index (χ1) is 6.91. The van der Waals surface area contributed by atoms with Crippen LogP contribution in [-0.2, 0) is 11.2 Å². The Bertz CT molecular complexity index is 398. The fourth-order valence-electron chi connectivity index (χ4n) is 0.936. The summed E-state index contributed by atoms with van der Waals surface area (Å²) in [4.78, 5) is 14.3. The molecule has 0 aliphatic carbocycles. The molecule has 0 fully saturated rings. The molecule has 1 N–H and O–H groups in total. The third-order valence-corrected chi connectivity index (χ3v) is 3.38. The van der Waals surface area contributed by atoms with E-state index in [1.54, 1.807) is 45.2 Å². The van der Waals surface area contributed by atoms with Gasteiger partial charge in [-0.05, 0) is 51.2 Å². The minimum absolute atomic E-state index is 0.152. The second-order valence-corrected chi connectivity index (χ2v) is 4.85. The van der Waals surface area contributed by atoms with Crippen LogP contribution in [0.3, 0.4) is 0 Å². The molecule has 0 radical (unpaired) electrons. The van der Waals surface area contributed by atoms with Gasteiger partial charge in [-0.25, -0.2) is 13.8 Å². The number of carbonyl (C=O) groups is 1. The van der Waals surface area contributed by atoms with Crippen LogP contribution in [0.25, 0.3) is 0 Å². The van der Waals surface area contributed by atoms with Gasteiger partial charge in [0.15, 0.2) is 0 Å². The van der Waals surface area contributed by atoms with Gasteiger partial charge in [0.25, 0.3) is 6.43 Å². The standard InChI is InChI=1S/C8H5F2I2NO2/c9-7(10)3-1-4(11)5(2-6(14)15)13-8(3)12/h1,7H,2H2,(H,14,15). The van der Waals surface area contributed by atoms with Gasteiger partial charge in [-0.2, -0.15) is 0 Å². The maximum absolute atomic E-state index is 12.4. The van der Waals surface area contributed by atoms with Gasteiger partial charge in [0.2, 0.25) is 0 Å². The zero-order valence-electron chi connectivity index (χ0n) is 7.18. The molecule has 1 heterocycles. The molecule has 7 heteroatoms. The summed E-state index contributed by atoms with van der Waals surface area (Å²) in [6.07, 6.45) is -2.84. The molecule has 0 bridgehead atoms. The number of rotatable bonds is 3. The van der Waals surface area contributed by atoms with Crippen molar-refractivity contribution in [2.45, 2.75) is 12.8 Å². The maximum Gasteiger partial charge on any atom is 0.309 e. The molecule has 0 aliphatic heterocycles. The Kier molecular flexibility index (Phi) is 4.62. The largest absolute Gasteiger partial charge is 0.481 e. The highest BCUT2D eigenvalue weighted by Gasteiger charge is 2.17. The van der Waals surface area contributed by atoms with Crippen LogP contribution in [0.1, 0.15) is 17.7 Å². The van der Waals surface area contributed by atoms with Crippen molar-refractivity contribution in [2.24, 2.45) is 0 Å². The molecule has 0 saturated heterocycles. The zero-order chi connectivity index (χ0) is 11.6. The van der Waals surface area contributed by atoms with Gasteiger partial charge < -0.3 is 5.11 Å². The van der Waals surface area contributed by atoms with E-state index in [4.69, 9.17) is 5.11 Å². The van der Waals surface area contributed by atoms with Crippen molar-refractivity contribution in [2.75, 3.05) is 0 Å². The van der Waals surface area contributed by atoms with E-state index in [9.17, 15) is 13.6 Å². The van der Waals surface area contributed by atoms with E-state index in [0.29, 0.717) is 9.26 Å². The molecule has 3 nitrogen and oxygen atoms in total. The summed E-state index contributed by atoms with van der Waals surface area (Å²) < 4.78 is 25.5. The average molecular weight is 439 g/mol. The lowest BCUT2D eigenvalue weighted by Crippen LogP contribution is -2.07. The zero-order valence-corrected chi connectivity index (χ0v) is 11.5. The fourth-order valence-corrected chi connectivity index (χ4v) is 2.27. The number of aliphatic carboxylic acids is 1. The highest BCUT2D eigenvalue weighted by molar-refractivity contribution is 14.1. The van der Waals surface area contributed by atoms with E-state index in [2.05, 4.69) is 4.98 Å². The number of nitrogens with zero attached hydrogens (tertiary/aromatic N) is 1. The highest BCUT2D eigenvalue weighted by atomic mass is 127. The van der Waals surface area contributed by atoms with Gasteiger partial charge in [0.05, 0.1) is 17.7 Å². The molecule has 0 atom stereocenters. The van der Waals surface area contributed by atoms with Gasteiger partial charge in [0, 0.05) is 3.57 Å². The number of aromatic nitrogens is 1. The number of alkyl halides is 2. The fraction of sp³-hybridized carbons (Fsp3) is 0.250. The first kappa shape index (κ1) is 13.0. The van der Waals surface area contributed by atoms with E-state index in [1.807, 2.05) is 0 Å². The lowest BCUT2D eigenvalue weighted by atomic mass is 10.2. The van der Waals surface area contributed by atoms with Crippen molar-refractivity contribution in [3.63, 3.8) is 0 Å². The van der Waals surface area contributed by atoms with E-state index >= 15 is 0 Å². The molecule has 0 saturated carbocycles. The molecule has 15 heavy (non-hydrogen) atoms. The first-order valence-corrected chi connectivity index (χ1v) is 5.92. The number of hydrogen-bond acceptors (Lipinski definition) is 2. The quantitative estimate of drug-likeness (QED) is 0.583. The van der Waals surface area contributed by atoms with Crippen LogP contribution in [0.4, 0.5) is 8.78 Å². The van der Waals surface area contributed by atoms with E-state index in [0.717, 1.165) is 0 Å². The maximum atomic E-state index is 12.4. The van der Waals surface area contributed by atoms with Gasteiger partial charge in [-0.15, -0.1) is 0 Å². The van der Waals surface area contributed by atoms with Crippen molar-refractivity contribution >= 4 is 51.2 Å². The van der Waals surface area contributed by atoms with Gasteiger partial charge >= 0.3 is 5.97 Å². The SMILES string of the molecule is O=C(O)Cc1nc(I)c(C(F)F)cc1I. The molecular weight excluding hydrogens is 434 g/mol. The molecule has 1 aromatic heterocycles. The second kappa shape index (κ2) is 5.32. The van der Waals surface area contributed by atoms with Crippen LogP contribution in [0, 0.1) is 7.27 Å². The predicted octanol–water partition coefficient (Wildman–Crippen LogP) is 2.86. The molecule has 0 unspecified atom stereocenters. The number of hydrogen-bond donors (Lipinski definition) is 1. The average Bonchev–Trinajstić information content (AvgIpc) is 2.09. The first-order valence-electron chi connectivity index (χ1n) is 3.76. The van der Waals surface area contributed by atoms with Crippen LogP contribution in [0.15, 0.2) is 6.07 Å². The predicted molar refractivity (Wildman–Crippen MR) is 66.0 cm³/mol. The van der Waals surface area contributed by atoms with Crippen molar-refractivity contribution in [1.29, 1.82) is 0 Å². The Morgan fingerprint density at radius 3 is 2.60 bits per heavy atom. The number of halogens is 4. The van der Waals surface area contributed by atoms with Gasteiger partial charge in [-0.3, -0.25) is 4.79 Å². The molecule has 0 amide bonds. The Morgan fingerprint density at radius 2 is 2.13 bits per heavy atom. The molecule has 0 spiro atoms. The summed E-state index contributed by atoms with van der Waals surface area (Å²) in [5.41, 5.74) is 0.158. The highest BCUT2D eigenvalue weighted by Crippen LogP contribution is 2.26. The van der Waals surface area contributed by atoms with Crippen LogP contribution in [0.2, 0.25) is 0 Å². The Labute approximate surface area is 112 Å². The Hall–Kier alpha value is -0.0600. The van der Waals surface area contributed by atoms with Crippen LogP contribution < -0.4 is 0 Å². The number of carboxylic acid groups (broad SMARTS) is 1. The monoisotopic (exact) mass is 439 g/mol. The van der Waals surface area contributed by atoms with Crippen molar-refractivity contribution < 1.29 is 18.7 Å². The summed E-state index contributed by atoms with van der Waals surface area (Å²) in [5.74, 6) is -1.03. The normalized spacial score (nSPS) is 10.7. The summed E-state index contributed by atoms with van der Waals surface area (Å²) in [7, 11) is 0. The smallest absolute Gasteiger partial charge is 0.309 e. The van der Waals surface area contributed by atoms with Crippen molar-refractivity contribution in [3.05, 3.63) is 24.6 Å². The summed E-state index contributed by atoms with van der Waals surface area (Å²) in [6, 6.07) is 1.28. The topological polar surface area (TPSA) is 50.2 Å². The Morgan fingerprint density at radius 1 is 1.53 bits per heavy atom. The minimum Gasteiger partial charge on any atom is -0.481 e. The number of carboxylic acids is 1. The molecule has 1 rings (SSSR count). The van der Waals surface area contributed by atoms with E-state index in [-0.39, 0.29) is 15.7 Å². The van der Waals surface area contributed by atoms with Crippen LogP contribution in [-0.4, -0.2) is 16.1 Å². The molecule has 0 aliphatic rings. The van der Waals surface area contributed by atoms with Crippen LogP contribution >= 0.6 is 45.2 Å². The molecular formula is C8H5F2I2NO2. The summed E-state index contributed by atoms with van der Waals surface area (Å²) in [6.45, 7) is 0. The second-order valence-electron chi connectivity index (χ2n) is 2.67.